The fraction of sp³-hybridized carbons (Fsp3) is 0.273. The SMILES string of the molecule is Cc1cc(C)c(Oc2nnc(C(F)(F)F)s2)cc1N. The summed E-state index contributed by atoms with van der Waals surface area (Å²) in [4.78, 5) is 0. The molecule has 1 heterocycles. The van der Waals surface area contributed by atoms with Crippen molar-refractivity contribution in [2.75, 3.05) is 5.73 Å². The molecule has 0 spiro atoms. The van der Waals surface area contributed by atoms with E-state index in [4.69, 9.17) is 10.5 Å². The Morgan fingerprint density at radius 3 is 2.42 bits per heavy atom. The zero-order chi connectivity index (χ0) is 14.2. The third-order valence-electron chi connectivity index (χ3n) is 2.41. The molecule has 0 saturated carbocycles. The highest BCUT2D eigenvalue weighted by molar-refractivity contribution is 7.13. The third-order valence-corrected chi connectivity index (χ3v) is 3.26. The highest BCUT2D eigenvalue weighted by Crippen LogP contribution is 2.36. The summed E-state index contributed by atoms with van der Waals surface area (Å²) in [6.07, 6.45) is -4.51. The molecule has 0 amide bonds. The average Bonchev–Trinajstić information content (AvgIpc) is 2.74. The molecule has 2 N–H and O–H groups in total. The maximum absolute atomic E-state index is 12.4. The molecule has 0 fully saturated rings. The van der Waals surface area contributed by atoms with Crippen molar-refractivity contribution in [2.45, 2.75) is 20.0 Å². The van der Waals surface area contributed by atoms with Crippen LogP contribution in [0.15, 0.2) is 12.1 Å². The lowest BCUT2D eigenvalue weighted by Gasteiger charge is -2.08. The number of alkyl halides is 3. The number of rotatable bonds is 2. The summed E-state index contributed by atoms with van der Waals surface area (Å²) < 4.78 is 42.4. The number of aromatic nitrogens is 2. The molecule has 0 bridgehead atoms. The van der Waals surface area contributed by atoms with Crippen LogP contribution in [0.3, 0.4) is 0 Å². The Labute approximate surface area is 111 Å². The summed E-state index contributed by atoms with van der Waals surface area (Å²) in [5.74, 6) is 0.368. The predicted molar refractivity (Wildman–Crippen MR) is 65.3 cm³/mol. The van der Waals surface area contributed by atoms with Crippen LogP contribution in [0.5, 0.6) is 10.9 Å². The molecule has 2 aromatic rings. The van der Waals surface area contributed by atoms with Crippen molar-refractivity contribution in [3.63, 3.8) is 0 Å². The van der Waals surface area contributed by atoms with Crippen LogP contribution in [0, 0.1) is 13.8 Å². The van der Waals surface area contributed by atoms with Crippen LogP contribution in [0.4, 0.5) is 18.9 Å². The largest absolute Gasteiger partial charge is 0.445 e. The van der Waals surface area contributed by atoms with E-state index in [0.717, 1.165) is 11.1 Å². The van der Waals surface area contributed by atoms with Crippen molar-refractivity contribution in [1.82, 2.24) is 10.2 Å². The minimum atomic E-state index is -4.51. The van der Waals surface area contributed by atoms with Crippen LogP contribution >= 0.6 is 11.3 Å². The van der Waals surface area contributed by atoms with E-state index >= 15 is 0 Å². The molecule has 19 heavy (non-hydrogen) atoms. The van der Waals surface area contributed by atoms with Crippen LogP contribution in [0.25, 0.3) is 0 Å². The molecule has 4 nitrogen and oxygen atoms in total. The summed E-state index contributed by atoms with van der Waals surface area (Å²) >= 11 is 0.343. The molecule has 1 aromatic heterocycles. The van der Waals surface area contributed by atoms with Gasteiger partial charge in [0.25, 0.3) is 5.19 Å². The molecular formula is C11H10F3N3OS. The highest BCUT2D eigenvalue weighted by atomic mass is 32.1. The van der Waals surface area contributed by atoms with E-state index in [9.17, 15) is 13.2 Å². The van der Waals surface area contributed by atoms with E-state index in [-0.39, 0.29) is 5.19 Å². The molecule has 1 aromatic carbocycles. The third kappa shape index (κ3) is 2.95. The van der Waals surface area contributed by atoms with E-state index < -0.39 is 11.2 Å². The number of aryl methyl sites for hydroxylation is 2. The van der Waals surface area contributed by atoms with Crippen LogP contribution in [-0.2, 0) is 6.18 Å². The second-order valence-electron chi connectivity index (χ2n) is 3.95. The number of nitrogen functional groups attached to an aromatic ring is 1. The molecule has 0 unspecified atom stereocenters. The number of hydrogen-bond donors (Lipinski definition) is 1. The molecule has 0 aliphatic heterocycles. The predicted octanol–water partition coefficient (Wildman–Crippen LogP) is 3.55. The number of benzene rings is 1. The van der Waals surface area contributed by atoms with Crippen molar-refractivity contribution in [1.29, 1.82) is 0 Å². The number of halogens is 3. The van der Waals surface area contributed by atoms with E-state index in [0.29, 0.717) is 22.8 Å². The first-order valence-electron chi connectivity index (χ1n) is 5.22. The van der Waals surface area contributed by atoms with Crippen molar-refractivity contribution in [2.24, 2.45) is 0 Å². The minimum Gasteiger partial charge on any atom is -0.429 e. The van der Waals surface area contributed by atoms with Gasteiger partial charge in [-0.05, 0) is 25.0 Å². The summed E-state index contributed by atoms with van der Waals surface area (Å²) in [5, 5.41) is 5.19. The molecule has 0 radical (unpaired) electrons. The van der Waals surface area contributed by atoms with E-state index in [1.807, 2.05) is 6.92 Å². The number of ether oxygens (including phenoxy) is 1. The fourth-order valence-corrected chi connectivity index (χ4v) is 1.99. The molecule has 102 valence electrons. The van der Waals surface area contributed by atoms with Gasteiger partial charge in [0.2, 0.25) is 5.01 Å². The Morgan fingerprint density at radius 1 is 1.16 bits per heavy atom. The standard InChI is InChI=1S/C11H10F3N3OS/c1-5-3-6(2)8(4-7(5)15)18-10-17-16-9(19-10)11(12,13)14/h3-4H,15H2,1-2H3. The summed E-state index contributed by atoms with van der Waals surface area (Å²) in [6.45, 7) is 3.60. The van der Waals surface area contributed by atoms with Gasteiger partial charge in [-0.3, -0.25) is 0 Å². The summed E-state index contributed by atoms with van der Waals surface area (Å²) in [5.41, 5.74) is 7.86. The molecule has 0 aliphatic carbocycles. The summed E-state index contributed by atoms with van der Waals surface area (Å²) in [7, 11) is 0. The monoisotopic (exact) mass is 289 g/mol. The van der Waals surface area contributed by atoms with Gasteiger partial charge in [0.1, 0.15) is 5.75 Å². The average molecular weight is 289 g/mol. The number of nitrogens with two attached hydrogens (primary N) is 1. The second kappa shape index (κ2) is 4.69. The lowest BCUT2D eigenvalue weighted by molar-refractivity contribution is -0.138. The van der Waals surface area contributed by atoms with Crippen molar-refractivity contribution in [3.8, 4) is 10.9 Å². The van der Waals surface area contributed by atoms with Gasteiger partial charge >= 0.3 is 6.18 Å². The van der Waals surface area contributed by atoms with Crippen molar-refractivity contribution >= 4 is 17.0 Å². The lowest BCUT2D eigenvalue weighted by atomic mass is 10.1. The van der Waals surface area contributed by atoms with Crippen LogP contribution < -0.4 is 10.5 Å². The van der Waals surface area contributed by atoms with Gasteiger partial charge < -0.3 is 10.5 Å². The van der Waals surface area contributed by atoms with Crippen LogP contribution in [-0.4, -0.2) is 10.2 Å². The quantitative estimate of drug-likeness (QED) is 0.859. The Hall–Kier alpha value is -1.83. The van der Waals surface area contributed by atoms with Gasteiger partial charge in [0.15, 0.2) is 0 Å². The zero-order valence-electron chi connectivity index (χ0n) is 10.1. The topological polar surface area (TPSA) is 61.0 Å². The van der Waals surface area contributed by atoms with E-state index in [2.05, 4.69) is 10.2 Å². The summed E-state index contributed by atoms with van der Waals surface area (Å²) in [6, 6.07) is 3.34. The first kappa shape index (κ1) is 13.6. The first-order valence-corrected chi connectivity index (χ1v) is 6.04. The first-order chi connectivity index (χ1) is 8.77. The van der Waals surface area contributed by atoms with Gasteiger partial charge in [0.05, 0.1) is 0 Å². The Bertz CT molecular complexity index is 610. The van der Waals surface area contributed by atoms with Crippen LogP contribution in [0.1, 0.15) is 16.1 Å². The van der Waals surface area contributed by atoms with E-state index in [1.54, 1.807) is 19.1 Å². The molecule has 2 rings (SSSR count). The fourth-order valence-electron chi connectivity index (χ4n) is 1.42. The Morgan fingerprint density at radius 2 is 1.84 bits per heavy atom. The highest BCUT2D eigenvalue weighted by Gasteiger charge is 2.36. The Kier molecular flexibility index (Phi) is 3.36. The van der Waals surface area contributed by atoms with E-state index in [1.165, 1.54) is 0 Å². The lowest BCUT2D eigenvalue weighted by Crippen LogP contribution is -2.03. The van der Waals surface area contributed by atoms with Gasteiger partial charge in [-0.15, -0.1) is 5.10 Å². The Balaban J connectivity index is 2.27. The smallest absolute Gasteiger partial charge is 0.429 e. The zero-order valence-corrected chi connectivity index (χ0v) is 10.9. The molecular weight excluding hydrogens is 279 g/mol. The van der Waals surface area contributed by atoms with Gasteiger partial charge in [-0.25, -0.2) is 0 Å². The van der Waals surface area contributed by atoms with Gasteiger partial charge in [0, 0.05) is 11.8 Å². The number of nitrogens with zero attached hydrogens (tertiary/aromatic N) is 2. The number of anilines is 1. The number of hydrogen-bond acceptors (Lipinski definition) is 5. The molecule has 0 saturated heterocycles. The maximum atomic E-state index is 12.4. The molecule has 8 heteroatoms. The normalized spacial score (nSPS) is 11.6. The maximum Gasteiger partial charge on any atom is 0.445 e. The molecule has 0 aliphatic rings. The molecule has 0 atom stereocenters. The van der Waals surface area contributed by atoms with Crippen LogP contribution in [0.2, 0.25) is 0 Å². The minimum absolute atomic E-state index is 0.168. The van der Waals surface area contributed by atoms with Gasteiger partial charge in [-0.1, -0.05) is 22.5 Å². The van der Waals surface area contributed by atoms with Crippen molar-refractivity contribution < 1.29 is 17.9 Å². The van der Waals surface area contributed by atoms with Crippen molar-refractivity contribution in [3.05, 3.63) is 28.3 Å². The second-order valence-corrected chi connectivity index (χ2v) is 4.89. The van der Waals surface area contributed by atoms with Gasteiger partial charge in [-0.2, -0.15) is 13.2 Å².